The Morgan fingerprint density at radius 2 is 1.62 bits per heavy atom. The van der Waals surface area contributed by atoms with E-state index in [1.54, 1.807) is 6.20 Å². The van der Waals surface area contributed by atoms with E-state index in [4.69, 9.17) is 10.5 Å². The molecule has 0 spiro atoms. The molecule has 0 bridgehead atoms. The molecule has 3 aromatic rings. The van der Waals surface area contributed by atoms with Crippen LogP contribution in [0.15, 0.2) is 60.8 Å². The average molecular weight is 464 g/mol. The van der Waals surface area contributed by atoms with Crippen molar-refractivity contribution in [2.75, 3.05) is 0 Å². The van der Waals surface area contributed by atoms with Gasteiger partial charge in [0, 0.05) is 12.6 Å². The van der Waals surface area contributed by atoms with E-state index in [0.29, 0.717) is 17.6 Å². The van der Waals surface area contributed by atoms with E-state index in [2.05, 4.69) is 20.6 Å². The second kappa shape index (κ2) is 11.7. The van der Waals surface area contributed by atoms with Crippen LogP contribution in [0.3, 0.4) is 0 Å². The van der Waals surface area contributed by atoms with E-state index in [0.717, 1.165) is 11.1 Å². The molecular weight excluding hydrogens is 434 g/mol. The summed E-state index contributed by atoms with van der Waals surface area (Å²) in [5.74, 6) is -1.13. The Hall–Kier alpha value is -4.01. The number of nitrogens with one attached hydrogen (secondary N) is 2. The number of para-hydroxylation sites is 2. The van der Waals surface area contributed by atoms with Crippen molar-refractivity contribution in [3.63, 3.8) is 0 Å². The van der Waals surface area contributed by atoms with E-state index >= 15 is 0 Å². The van der Waals surface area contributed by atoms with Crippen molar-refractivity contribution in [2.45, 2.75) is 45.4 Å². The Morgan fingerprint density at radius 3 is 2.29 bits per heavy atom. The molecule has 1 aromatic heterocycles. The fourth-order valence-corrected chi connectivity index (χ4v) is 3.41. The first-order valence-corrected chi connectivity index (χ1v) is 11.1. The zero-order chi connectivity index (χ0) is 24.5. The lowest BCUT2D eigenvalue weighted by atomic mass is 10.0. The number of hydrogen-bond donors (Lipinski definition) is 3. The van der Waals surface area contributed by atoms with E-state index in [1.165, 1.54) is 0 Å². The molecule has 0 aliphatic heterocycles. The van der Waals surface area contributed by atoms with Gasteiger partial charge in [0.05, 0.1) is 16.7 Å². The zero-order valence-electron chi connectivity index (χ0n) is 19.2. The maximum Gasteiger partial charge on any atom is 0.408 e. The van der Waals surface area contributed by atoms with Crippen LogP contribution < -0.4 is 16.4 Å². The summed E-state index contributed by atoms with van der Waals surface area (Å²) in [5.41, 5.74) is 8.28. The Morgan fingerprint density at radius 1 is 0.941 bits per heavy atom. The molecule has 34 heavy (non-hydrogen) atoms. The Balaban J connectivity index is 1.64. The van der Waals surface area contributed by atoms with Crippen molar-refractivity contribution in [1.29, 1.82) is 0 Å². The molecule has 0 unspecified atom stereocenters. The van der Waals surface area contributed by atoms with Crippen LogP contribution in [-0.2, 0) is 27.4 Å². The van der Waals surface area contributed by atoms with E-state index in [9.17, 15) is 14.4 Å². The number of fused-ring (bicyclic) bond motifs is 1. The summed E-state index contributed by atoms with van der Waals surface area (Å²) in [6.07, 6.45) is 1.26. The van der Waals surface area contributed by atoms with Crippen LogP contribution in [0.5, 0.6) is 0 Å². The van der Waals surface area contributed by atoms with E-state index in [-0.39, 0.29) is 18.9 Å². The number of carbonyl (C=O) groups excluding carboxylic acids is 3. The third-order valence-corrected chi connectivity index (χ3v) is 5.10. The van der Waals surface area contributed by atoms with Crippen LogP contribution >= 0.6 is 0 Å². The number of nitrogens with two attached hydrogens (primary N) is 1. The average Bonchev–Trinajstić information content (AvgIpc) is 2.82. The first-order chi connectivity index (χ1) is 16.3. The topological polar surface area (TPSA) is 136 Å². The SMILES string of the molecule is CC(C)C[C@H](NC(=O)OCc1ccccc1)C(=O)N[C@H](Cc1cnc2ccccc2n1)C(N)=O. The number of hydrogen-bond acceptors (Lipinski definition) is 6. The number of aromatic nitrogens is 2. The Bertz CT molecular complexity index is 1140. The van der Waals surface area contributed by atoms with Gasteiger partial charge in [-0.2, -0.15) is 0 Å². The highest BCUT2D eigenvalue weighted by Crippen LogP contribution is 2.11. The maximum atomic E-state index is 13.0. The second-order valence-electron chi connectivity index (χ2n) is 8.41. The summed E-state index contributed by atoms with van der Waals surface area (Å²) in [5, 5.41) is 5.24. The summed E-state index contributed by atoms with van der Waals surface area (Å²) >= 11 is 0. The molecule has 2 atom stereocenters. The molecule has 4 N–H and O–H groups in total. The molecule has 0 saturated carbocycles. The zero-order valence-corrected chi connectivity index (χ0v) is 19.2. The van der Waals surface area contributed by atoms with Gasteiger partial charge in [-0.3, -0.25) is 14.6 Å². The number of alkyl carbamates (subject to hydrolysis) is 1. The Kier molecular flexibility index (Phi) is 8.50. The summed E-state index contributed by atoms with van der Waals surface area (Å²) < 4.78 is 5.24. The fraction of sp³-hybridized carbons (Fsp3) is 0.320. The standard InChI is InChI=1S/C25H29N5O4/c1-16(2)12-22(30-25(33)34-15-17-8-4-3-5-9-17)24(32)29-21(23(26)31)13-18-14-27-19-10-6-7-11-20(19)28-18/h3-11,14,16,21-22H,12-13,15H2,1-2H3,(H2,26,31)(H,29,32)(H,30,33)/t21-,22+/m1/s1. The van der Waals surface area contributed by atoms with Gasteiger partial charge in [-0.05, 0) is 30.0 Å². The van der Waals surface area contributed by atoms with Gasteiger partial charge in [-0.1, -0.05) is 56.3 Å². The highest BCUT2D eigenvalue weighted by molar-refractivity contribution is 5.90. The van der Waals surface area contributed by atoms with E-state index < -0.39 is 30.0 Å². The third-order valence-electron chi connectivity index (χ3n) is 5.10. The number of rotatable bonds is 10. The van der Waals surface area contributed by atoms with Crippen LogP contribution in [-0.4, -0.2) is 40.0 Å². The number of amides is 3. The van der Waals surface area contributed by atoms with E-state index in [1.807, 2.05) is 68.4 Å². The first-order valence-electron chi connectivity index (χ1n) is 11.1. The molecule has 0 saturated heterocycles. The van der Waals surface area contributed by atoms with Gasteiger partial charge in [0.1, 0.15) is 18.7 Å². The lowest BCUT2D eigenvalue weighted by Crippen LogP contribution is -2.54. The van der Waals surface area contributed by atoms with Gasteiger partial charge in [0.25, 0.3) is 0 Å². The molecule has 0 aliphatic rings. The van der Waals surface area contributed by atoms with Crippen molar-refractivity contribution in [2.24, 2.45) is 11.7 Å². The number of nitrogens with zero attached hydrogens (tertiary/aromatic N) is 2. The van der Waals surface area contributed by atoms with Crippen LogP contribution in [0.2, 0.25) is 0 Å². The van der Waals surface area contributed by atoms with Crippen LogP contribution in [0, 0.1) is 5.92 Å². The van der Waals surface area contributed by atoms with Gasteiger partial charge in [0.2, 0.25) is 11.8 Å². The quantitative estimate of drug-likeness (QED) is 0.423. The highest BCUT2D eigenvalue weighted by Gasteiger charge is 2.27. The minimum atomic E-state index is -1.01. The van der Waals surface area contributed by atoms with Gasteiger partial charge >= 0.3 is 6.09 Å². The third kappa shape index (κ3) is 7.26. The molecule has 3 rings (SSSR count). The molecule has 9 heteroatoms. The van der Waals surface area contributed by atoms with Crippen molar-refractivity contribution in [3.8, 4) is 0 Å². The van der Waals surface area contributed by atoms with Crippen molar-refractivity contribution >= 4 is 28.9 Å². The van der Waals surface area contributed by atoms with Crippen LogP contribution in [0.25, 0.3) is 11.0 Å². The summed E-state index contributed by atoms with van der Waals surface area (Å²) in [4.78, 5) is 46.2. The van der Waals surface area contributed by atoms with Crippen molar-refractivity contribution < 1.29 is 19.1 Å². The largest absolute Gasteiger partial charge is 0.445 e. The van der Waals surface area contributed by atoms with Gasteiger partial charge < -0.3 is 21.1 Å². The molecule has 9 nitrogen and oxygen atoms in total. The summed E-state index contributed by atoms with van der Waals surface area (Å²) in [6, 6.07) is 14.6. The first kappa shape index (κ1) is 24.6. The molecule has 0 fully saturated rings. The predicted molar refractivity (Wildman–Crippen MR) is 127 cm³/mol. The molecule has 178 valence electrons. The minimum absolute atomic E-state index is 0.0752. The number of ether oxygens (including phenoxy) is 1. The number of benzene rings is 2. The van der Waals surface area contributed by atoms with Crippen LogP contribution in [0.4, 0.5) is 4.79 Å². The van der Waals surface area contributed by atoms with Crippen LogP contribution in [0.1, 0.15) is 31.5 Å². The minimum Gasteiger partial charge on any atom is -0.445 e. The summed E-state index contributed by atoms with van der Waals surface area (Å²) in [6.45, 7) is 3.92. The smallest absolute Gasteiger partial charge is 0.408 e. The fourth-order valence-electron chi connectivity index (χ4n) is 3.41. The molecule has 1 heterocycles. The monoisotopic (exact) mass is 463 g/mol. The van der Waals surface area contributed by atoms with Gasteiger partial charge in [-0.25, -0.2) is 9.78 Å². The molecule has 2 aromatic carbocycles. The molecule has 0 aliphatic carbocycles. The molecule has 3 amide bonds. The van der Waals surface area contributed by atoms with Gasteiger partial charge in [0.15, 0.2) is 0 Å². The maximum absolute atomic E-state index is 13.0. The predicted octanol–water partition coefficient (Wildman–Crippen LogP) is 2.48. The molecule has 0 radical (unpaired) electrons. The lowest BCUT2D eigenvalue weighted by molar-refractivity contribution is -0.128. The summed E-state index contributed by atoms with van der Waals surface area (Å²) in [7, 11) is 0. The second-order valence-corrected chi connectivity index (χ2v) is 8.41. The number of primary amides is 1. The van der Waals surface area contributed by atoms with Gasteiger partial charge in [-0.15, -0.1) is 0 Å². The lowest BCUT2D eigenvalue weighted by Gasteiger charge is -2.23. The van der Waals surface area contributed by atoms with Crippen molar-refractivity contribution in [1.82, 2.24) is 20.6 Å². The number of carbonyl (C=O) groups is 3. The normalized spacial score (nSPS) is 12.7. The Labute approximate surface area is 198 Å². The molecular formula is C25H29N5O4. The highest BCUT2D eigenvalue weighted by atomic mass is 16.5. The van der Waals surface area contributed by atoms with Crippen molar-refractivity contribution in [3.05, 3.63) is 72.1 Å².